The van der Waals surface area contributed by atoms with Gasteiger partial charge in [0.1, 0.15) is 5.82 Å². The summed E-state index contributed by atoms with van der Waals surface area (Å²) < 4.78 is 2.04. The monoisotopic (exact) mass is 311 g/mol. The molecule has 0 aliphatic rings. The Labute approximate surface area is 129 Å². The number of aryl methyl sites for hydroxylation is 1. The van der Waals surface area contributed by atoms with Crippen LogP contribution < -0.4 is 5.32 Å². The van der Waals surface area contributed by atoms with Crippen molar-refractivity contribution in [2.24, 2.45) is 7.05 Å². The topological polar surface area (TPSA) is 29.9 Å². The second-order valence-electron chi connectivity index (χ2n) is 4.84. The van der Waals surface area contributed by atoms with Gasteiger partial charge in [0.05, 0.1) is 6.04 Å². The molecule has 0 aliphatic carbocycles. The molecule has 20 heavy (non-hydrogen) atoms. The van der Waals surface area contributed by atoms with Crippen molar-refractivity contribution in [1.82, 2.24) is 14.9 Å². The van der Waals surface area contributed by atoms with Crippen LogP contribution in [0.1, 0.15) is 30.8 Å². The summed E-state index contributed by atoms with van der Waals surface area (Å²) in [6.07, 6.45) is 5.65. The third-order valence-corrected chi connectivity index (χ3v) is 3.84. The fourth-order valence-electron chi connectivity index (χ4n) is 2.19. The van der Waals surface area contributed by atoms with Gasteiger partial charge in [0.2, 0.25) is 0 Å². The van der Waals surface area contributed by atoms with Gasteiger partial charge in [-0.1, -0.05) is 36.2 Å². The van der Waals surface area contributed by atoms with Crippen LogP contribution in [0.2, 0.25) is 10.0 Å². The Morgan fingerprint density at radius 3 is 2.75 bits per heavy atom. The van der Waals surface area contributed by atoms with E-state index in [1.165, 1.54) is 0 Å². The zero-order valence-corrected chi connectivity index (χ0v) is 13.2. The number of hydrogen-bond donors (Lipinski definition) is 1. The van der Waals surface area contributed by atoms with Gasteiger partial charge in [-0.2, -0.15) is 0 Å². The lowest BCUT2D eigenvalue weighted by Crippen LogP contribution is -2.26. The molecule has 2 rings (SSSR count). The molecule has 1 aromatic heterocycles. The first kappa shape index (κ1) is 15.4. The van der Waals surface area contributed by atoms with E-state index >= 15 is 0 Å². The van der Waals surface area contributed by atoms with Crippen LogP contribution in [0.15, 0.2) is 30.6 Å². The smallest absolute Gasteiger partial charge is 0.125 e. The predicted molar refractivity (Wildman–Crippen MR) is 84.4 cm³/mol. The van der Waals surface area contributed by atoms with E-state index in [0.29, 0.717) is 10.0 Å². The molecule has 1 atom stereocenters. The first-order chi connectivity index (χ1) is 9.61. The Morgan fingerprint density at radius 2 is 2.15 bits per heavy atom. The number of benzene rings is 1. The van der Waals surface area contributed by atoms with Gasteiger partial charge in [-0.15, -0.1) is 0 Å². The molecule has 1 N–H and O–H groups in total. The summed E-state index contributed by atoms with van der Waals surface area (Å²) in [6, 6.07) is 5.79. The molecular weight excluding hydrogens is 293 g/mol. The molecule has 1 heterocycles. The molecule has 1 unspecified atom stereocenters. The van der Waals surface area contributed by atoms with Crippen molar-refractivity contribution in [3.8, 4) is 0 Å². The van der Waals surface area contributed by atoms with Gasteiger partial charge in [-0.05, 0) is 37.1 Å². The molecule has 3 nitrogen and oxygen atoms in total. The Morgan fingerprint density at radius 1 is 1.35 bits per heavy atom. The number of imidazole rings is 1. The highest BCUT2D eigenvalue weighted by Gasteiger charge is 2.17. The zero-order chi connectivity index (χ0) is 14.5. The molecule has 0 aliphatic heterocycles. The summed E-state index contributed by atoms with van der Waals surface area (Å²) in [5, 5.41) is 4.89. The van der Waals surface area contributed by atoms with Crippen molar-refractivity contribution >= 4 is 23.2 Å². The molecule has 1 aromatic carbocycles. The fourth-order valence-corrected chi connectivity index (χ4v) is 2.68. The van der Waals surface area contributed by atoms with E-state index in [0.717, 1.165) is 30.8 Å². The van der Waals surface area contributed by atoms with Crippen molar-refractivity contribution in [3.05, 3.63) is 52.0 Å². The van der Waals surface area contributed by atoms with E-state index in [4.69, 9.17) is 23.2 Å². The summed E-state index contributed by atoms with van der Waals surface area (Å²) in [5.74, 6) is 1.02. The lowest BCUT2D eigenvalue weighted by molar-refractivity contribution is 0.491. The van der Waals surface area contributed by atoms with E-state index < -0.39 is 0 Å². The predicted octanol–water partition coefficient (Wildman–Crippen LogP) is 4.01. The summed E-state index contributed by atoms with van der Waals surface area (Å²) in [5.41, 5.74) is 1.08. The number of rotatable bonds is 6. The van der Waals surface area contributed by atoms with Crippen LogP contribution in [-0.4, -0.2) is 16.1 Å². The zero-order valence-electron chi connectivity index (χ0n) is 11.7. The third kappa shape index (κ3) is 3.75. The van der Waals surface area contributed by atoms with Gasteiger partial charge in [-0.3, -0.25) is 0 Å². The van der Waals surface area contributed by atoms with Crippen molar-refractivity contribution in [1.29, 1.82) is 0 Å². The van der Waals surface area contributed by atoms with Gasteiger partial charge in [-0.25, -0.2) is 4.98 Å². The van der Waals surface area contributed by atoms with Gasteiger partial charge >= 0.3 is 0 Å². The van der Waals surface area contributed by atoms with Crippen LogP contribution >= 0.6 is 23.2 Å². The van der Waals surface area contributed by atoms with Gasteiger partial charge < -0.3 is 9.88 Å². The average molecular weight is 312 g/mol. The lowest BCUT2D eigenvalue weighted by atomic mass is 10.0. The van der Waals surface area contributed by atoms with Crippen molar-refractivity contribution in [2.75, 3.05) is 6.54 Å². The average Bonchev–Trinajstić information content (AvgIpc) is 2.83. The number of nitrogens with zero attached hydrogens (tertiary/aromatic N) is 2. The number of hydrogen-bond acceptors (Lipinski definition) is 2. The highest BCUT2D eigenvalue weighted by molar-refractivity contribution is 6.35. The summed E-state index contributed by atoms with van der Waals surface area (Å²) >= 11 is 12.2. The summed E-state index contributed by atoms with van der Waals surface area (Å²) in [7, 11) is 2.01. The largest absolute Gasteiger partial charge is 0.337 e. The first-order valence-corrected chi connectivity index (χ1v) is 7.52. The molecule has 0 saturated carbocycles. The fraction of sp³-hybridized carbons (Fsp3) is 0.400. The summed E-state index contributed by atoms with van der Waals surface area (Å²) in [6.45, 7) is 3.10. The van der Waals surface area contributed by atoms with E-state index in [1.54, 1.807) is 6.07 Å². The van der Waals surface area contributed by atoms with Crippen LogP contribution in [-0.2, 0) is 13.5 Å². The SMILES string of the molecule is CCCNC(Cc1ccc(Cl)cc1Cl)c1nccn1C. The normalized spacial score (nSPS) is 12.6. The van der Waals surface area contributed by atoms with Crippen molar-refractivity contribution in [2.45, 2.75) is 25.8 Å². The molecule has 0 bridgehead atoms. The van der Waals surface area contributed by atoms with Crippen LogP contribution in [0.4, 0.5) is 0 Å². The van der Waals surface area contributed by atoms with Crippen LogP contribution in [0, 0.1) is 0 Å². The van der Waals surface area contributed by atoms with Crippen molar-refractivity contribution in [3.63, 3.8) is 0 Å². The van der Waals surface area contributed by atoms with Crippen LogP contribution in [0.25, 0.3) is 0 Å². The van der Waals surface area contributed by atoms with Gasteiger partial charge in [0, 0.05) is 29.5 Å². The molecule has 2 aromatic rings. The molecule has 0 fully saturated rings. The van der Waals surface area contributed by atoms with E-state index in [1.807, 2.05) is 36.1 Å². The summed E-state index contributed by atoms with van der Waals surface area (Å²) in [4.78, 5) is 4.44. The molecular formula is C15H19Cl2N3. The quantitative estimate of drug-likeness (QED) is 0.873. The minimum absolute atomic E-state index is 0.147. The van der Waals surface area contributed by atoms with E-state index in [-0.39, 0.29) is 6.04 Å². The molecule has 0 amide bonds. The molecule has 0 spiro atoms. The molecule has 5 heteroatoms. The third-order valence-electron chi connectivity index (χ3n) is 3.25. The number of halogens is 2. The maximum absolute atomic E-state index is 6.27. The maximum Gasteiger partial charge on any atom is 0.125 e. The maximum atomic E-state index is 6.27. The minimum Gasteiger partial charge on any atom is -0.337 e. The van der Waals surface area contributed by atoms with Crippen molar-refractivity contribution < 1.29 is 0 Å². The number of aromatic nitrogens is 2. The lowest BCUT2D eigenvalue weighted by Gasteiger charge is -2.19. The van der Waals surface area contributed by atoms with Crippen LogP contribution in [0.3, 0.4) is 0 Å². The highest BCUT2D eigenvalue weighted by Crippen LogP contribution is 2.25. The first-order valence-electron chi connectivity index (χ1n) is 6.76. The van der Waals surface area contributed by atoms with E-state index in [2.05, 4.69) is 17.2 Å². The Kier molecular flexibility index (Phi) is 5.46. The van der Waals surface area contributed by atoms with Crippen LogP contribution in [0.5, 0.6) is 0 Å². The second-order valence-corrected chi connectivity index (χ2v) is 5.69. The Balaban J connectivity index is 2.21. The van der Waals surface area contributed by atoms with E-state index in [9.17, 15) is 0 Å². The highest BCUT2D eigenvalue weighted by atomic mass is 35.5. The standard InChI is InChI=1S/C15H19Cl2N3/c1-3-6-18-14(15-19-7-8-20(15)2)9-11-4-5-12(16)10-13(11)17/h4-5,7-8,10,14,18H,3,6,9H2,1-2H3. The number of nitrogens with one attached hydrogen (secondary N) is 1. The Bertz CT molecular complexity index is 566. The second kappa shape index (κ2) is 7.11. The Hall–Kier alpha value is -1.03. The minimum atomic E-state index is 0.147. The molecule has 0 saturated heterocycles. The molecule has 0 radical (unpaired) electrons. The van der Waals surface area contributed by atoms with Gasteiger partial charge in [0.15, 0.2) is 0 Å². The van der Waals surface area contributed by atoms with Gasteiger partial charge in [0.25, 0.3) is 0 Å². The molecule has 108 valence electrons.